The van der Waals surface area contributed by atoms with Crippen LogP contribution in [0.3, 0.4) is 0 Å². The van der Waals surface area contributed by atoms with Gasteiger partial charge in [0.2, 0.25) is 11.8 Å². The van der Waals surface area contributed by atoms with Crippen LogP contribution in [0.1, 0.15) is 0 Å². The summed E-state index contributed by atoms with van der Waals surface area (Å²) in [5, 5.41) is 25.9. The standard InChI is InChI=1S/C4H5NO3S/c6-3-1-2(9)4(7)5(3)8/h1,6-9H. The maximum absolute atomic E-state index is 8.70. The number of thiol groups is 1. The van der Waals surface area contributed by atoms with Gasteiger partial charge in [0.05, 0.1) is 4.90 Å². The summed E-state index contributed by atoms with van der Waals surface area (Å²) in [7, 11) is 0. The largest absolute Gasteiger partial charge is 0.492 e. The molecule has 0 radical (unpaired) electrons. The van der Waals surface area contributed by atoms with Gasteiger partial charge in [0, 0.05) is 6.07 Å². The highest BCUT2D eigenvalue weighted by atomic mass is 32.1. The van der Waals surface area contributed by atoms with Crippen molar-refractivity contribution in [3.8, 4) is 11.8 Å². The van der Waals surface area contributed by atoms with E-state index in [2.05, 4.69) is 12.6 Å². The fourth-order valence-corrected chi connectivity index (χ4v) is 0.675. The van der Waals surface area contributed by atoms with Gasteiger partial charge < -0.3 is 15.4 Å². The first kappa shape index (κ1) is 6.15. The Morgan fingerprint density at radius 2 is 2.00 bits per heavy atom. The molecule has 0 atom stereocenters. The van der Waals surface area contributed by atoms with Gasteiger partial charge in [0.1, 0.15) is 0 Å². The summed E-state index contributed by atoms with van der Waals surface area (Å²) >= 11 is 3.70. The van der Waals surface area contributed by atoms with Crippen molar-refractivity contribution in [1.29, 1.82) is 0 Å². The number of nitrogens with zero attached hydrogens (tertiary/aromatic N) is 1. The molecule has 50 valence electrons. The van der Waals surface area contributed by atoms with Gasteiger partial charge >= 0.3 is 0 Å². The van der Waals surface area contributed by atoms with Crippen molar-refractivity contribution in [3.05, 3.63) is 6.07 Å². The molecule has 0 aliphatic heterocycles. The van der Waals surface area contributed by atoms with E-state index >= 15 is 0 Å². The molecule has 9 heavy (non-hydrogen) atoms. The Kier molecular flexibility index (Phi) is 1.21. The molecule has 3 N–H and O–H groups in total. The Balaban J connectivity index is 3.29. The van der Waals surface area contributed by atoms with Crippen molar-refractivity contribution in [2.75, 3.05) is 0 Å². The van der Waals surface area contributed by atoms with Gasteiger partial charge in [-0.3, -0.25) is 0 Å². The van der Waals surface area contributed by atoms with Gasteiger partial charge in [-0.1, -0.05) is 0 Å². The van der Waals surface area contributed by atoms with E-state index in [0.717, 1.165) is 6.07 Å². The number of aromatic nitrogens is 1. The van der Waals surface area contributed by atoms with Gasteiger partial charge in [-0.15, -0.1) is 17.4 Å². The molecule has 0 fully saturated rings. The highest BCUT2D eigenvalue weighted by Gasteiger charge is 2.08. The number of hydrogen-bond acceptors (Lipinski definition) is 4. The quantitative estimate of drug-likeness (QED) is 0.318. The number of hydrogen-bond donors (Lipinski definition) is 4. The molecular formula is C4H5NO3S. The Morgan fingerprint density at radius 3 is 2.11 bits per heavy atom. The zero-order valence-electron chi connectivity index (χ0n) is 4.31. The van der Waals surface area contributed by atoms with Crippen LogP contribution in [0.15, 0.2) is 11.0 Å². The van der Waals surface area contributed by atoms with E-state index in [9.17, 15) is 0 Å². The van der Waals surface area contributed by atoms with Gasteiger partial charge in [0.15, 0.2) is 0 Å². The molecule has 1 aromatic rings. The minimum Gasteiger partial charge on any atom is -0.492 e. The fourth-order valence-electron chi connectivity index (χ4n) is 0.465. The Bertz CT molecular complexity index is 209. The van der Waals surface area contributed by atoms with Gasteiger partial charge in [-0.05, 0) is 0 Å². The van der Waals surface area contributed by atoms with Crippen molar-refractivity contribution in [1.82, 2.24) is 4.73 Å². The summed E-state index contributed by atoms with van der Waals surface area (Å²) < 4.78 is 0.238. The first-order chi connectivity index (χ1) is 4.13. The van der Waals surface area contributed by atoms with E-state index in [-0.39, 0.29) is 9.63 Å². The lowest BCUT2D eigenvalue weighted by atomic mass is 10.6. The van der Waals surface area contributed by atoms with Crippen LogP contribution >= 0.6 is 12.6 Å². The Hall–Kier alpha value is -0.970. The maximum atomic E-state index is 8.70. The van der Waals surface area contributed by atoms with Crippen molar-refractivity contribution in [3.63, 3.8) is 0 Å². The molecule has 1 heterocycles. The monoisotopic (exact) mass is 147 g/mol. The zero-order valence-corrected chi connectivity index (χ0v) is 5.21. The van der Waals surface area contributed by atoms with E-state index < -0.39 is 11.8 Å². The molecule has 0 amide bonds. The molecule has 0 aliphatic carbocycles. The molecule has 0 bridgehead atoms. The normalized spacial score (nSPS) is 9.89. The van der Waals surface area contributed by atoms with E-state index in [1.807, 2.05) is 0 Å². The molecule has 0 spiro atoms. The molecule has 1 rings (SSSR count). The van der Waals surface area contributed by atoms with Crippen LogP contribution in [0, 0.1) is 0 Å². The van der Waals surface area contributed by atoms with Gasteiger partial charge in [0.25, 0.3) is 0 Å². The van der Waals surface area contributed by atoms with E-state index in [0.29, 0.717) is 0 Å². The smallest absolute Gasteiger partial charge is 0.242 e. The molecular weight excluding hydrogens is 142 g/mol. The average molecular weight is 147 g/mol. The van der Waals surface area contributed by atoms with E-state index in [4.69, 9.17) is 15.4 Å². The third kappa shape index (κ3) is 0.787. The topological polar surface area (TPSA) is 65.6 Å². The highest BCUT2D eigenvalue weighted by Crippen LogP contribution is 2.27. The van der Waals surface area contributed by atoms with Crippen molar-refractivity contribution in [2.24, 2.45) is 0 Å². The summed E-state index contributed by atoms with van der Waals surface area (Å²) in [5.74, 6) is -0.895. The van der Waals surface area contributed by atoms with E-state index in [1.165, 1.54) is 0 Å². The summed E-state index contributed by atoms with van der Waals surface area (Å²) in [5.41, 5.74) is 0. The third-order valence-electron chi connectivity index (χ3n) is 0.913. The lowest BCUT2D eigenvalue weighted by molar-refractivity contribution is 0.129. The summed E-state index contributed by atoms with van der Waals surface area (Å²) in [4.78, 5) is 0.134. The number of aromatic hydroxyl groups is 2. The third-order valence-corrected chi connectivity index (χ3v) is 1.24. The summed E-state index contributed by atoms with van der Waals surface area (Å²) in [6.07, 6.45) is 0. The van der Waals surface area contributed by atoms with Crippen LogP contribution in [-0.2, 0) is 0 Å². The average Bonchev–Trinajstić information content (AvgIpc) is 1.98. The molecule has 0 aromatic carbocycles. The fraction of sp³-hybridized carbons (Fsp3) is 0. The summed E-state index contributed by atoms with van der Waals surface area (Å²) in [6.45, 7) is 0. The van der Waals surface area contributed by atoms with Crippen LogP contribution in [0.2, 0.25) is 0 Å². The van der Waals surface area contributed by atoms with Crippen LogP contribution in [-0.4, -0.2) is 20.2 Å². The lowest BCUT2D eigenvalue weighted by Gasteiger charge is -1.92. The second-order valence-corrected chi connectivity index (χ2v) is 2.00. The molecule has 0 aliphatic rings. The maximum Gasteiger partial charge on any atom is 0.242 e. The Morgan fingerprint density at radius 1 is 1.44 bits per heavy atom. The van der Waals surface area contributed by atoms with Gasteiger partial charge in [-0.2, -0.15) is 0 Å². The first-order valence-corrected chi connectivity index (χ1v) is 2.59. The van der Waals surface area contributed by atoms with Crippen LogP contribution in [0.5, 0.6) is 11.8 Å². The van der Waals surface area contributed by atoms with Crippen molar-refractivity contribution >= 4 is 12.6 Å². The second kappa shape index (κ2) is 1.77. The predicted octanol–water partition coefficient (Wildman–Crippen LogP) is 0.425. The van der Waals surface area contributed by atoms with Crippen LogP contribution in [0.4, 0.5) is 0 Å². The van der Waals surface area contributed by atoms with E-state index in [1.54, 1.807) is 0 Å². The van der Waals surface area contributed by atoms with Crippen molar-refractivity contribution < 1.29 is 15.4 Å². The van der Waals surface area contributed by atoms with Crippen molar-refractivity contribution in [2.45, 2.75) is 4.90 Å². The van der Waals surface area contributed by atoms with Crippen LogP contribution in [0.25, 0.3) is 0 Å². The van der Waals surface area contributed by atoms with Gasteiger partial charge in [-0.25, -0.2) is 0 Å². The zero-order chi connectivity index (χ0) is 7.02. The SMILES string of the molecule is Oc1cc(S)c(O)n1O. The minimum absolute atomic E-state index is 0.134. The second-order valence-electron chi connectivity index (χ2n) is 1.52. The lowest BCUT2D eigenvalue weighted by Crippen LogP contribution is -1.85. The molecule has 1 aromatic heterocycles. The predicted molar refractivity (Wildman–Crippen MR) is 32.2 cm³/mol. The molecule has 0 saturated carbocycles. The molecule has 5 heteroatoms. The number of rotatable bonds is 0. The van der Waals surface area contributed by atoms with Crippen LogP contribution < -0.4 is 0 Å². The summed E-state index contributed by atoms with van der Waals surface area (Å²) in [6, 6.07) is 1.12. The minimum atomic E-state index is -0.462. The molecule has 4 nitrogen and oxygen atoms in total. The molecule has 0 unspecified atom stereocenters. The highest BCUT2D eigenvalue weighted by molar-refractivity contribution is 7.80. The Labute approximate surface area is 56.3 Å². The first-order valence-electron chi connectivity index (χ1n) is 2.15. The molecule has 0 saturated heterocycles.